The lowest BCUT2D eigenvalue weighted by atomic mass is 9.90. The first-order chi connectivity index (χ1) is 13.1. The summed E-state index contributed by atoms with van der Waals surface area (Å²) in [6, 6.07) is -0.798. The van der Waals surface area contributed by atoms with Crippen molar-refractivity contribution in [2.24, 2.45) is 5.92 Å². The number of hydrogen-bond donors (Lipinski definition) is 1. The van der Waals surface area contributed by atoms with E-state index in [4.69, 9.17) is 9.47 Å². The lowest BCUT2D eigenvalue weighted by Gasteiger charge is -2.40. The minimum absolute atomic E-state index is 0.0149. The summed E-state index contributed by atoms with van der Waals surface area (Å²) in [7, 11) is -2.07. The van der Waals surface area contributed by atoms with Gasteiger partial charge in [-0.15, -0.1) is 0 Å². The first-order valence-electron chi connectivity index (χ1n) is 10.8. The van der Waals surface area contributed by atoms with E-state index in [0.29, 0.717) is 5.92 Å². The van der Waals surface area contributed by atoms with Gasteiger partial charge in [-0.25, -0.2) is 9.59 Å². The Bertz CT molecular complexity index is 628. The standard InChI is InChI=1S/C23H41NO4Si/c1-17(24-21(26)28-22(2,3)4)20(25)27-19(29(8,9)23(5,6)7)16-15-18-13-11-10-12-14-18/h17-19H,10-14H2,1-9H3,(H,24,26)/t17?,19-/m0/s1. The maximum Gasteiger partial charge on any atom is 0.408 e. The zero-order valence-electron chi connectivity index (χ0n) is 19.9. The molecule has 5 nitrogen and oxygen atoms in total. The number of alkyl carbamates (subject to hydrolysis) is 1. The van der Waals surface area contributed by atoms with Gasteiger partial charge < -0.3 is 14.8 Å². The van der Waals surface area contributed by atoms with E-state index in [1.54, 1.807) is 27.7 Å². The largest absolute Gasteiger partial charge is 0.452 e. The minimum Gasteiger partial charge on any atom is -0.452 e. The van der Waals surface area contributed by atoms with E-state index in [1.165, 1.54) is 19.3 Å². The van der Waals surface area contributed by atoms with Gasteiger partial charge in [-0.3, -0.25) is 0 Å². The van der Waals surface area contributed by atoms with Crippen LogP contribution in [0.15, 0.2) is 0 Å². The van der Waals surface area contributed by atoms with Crippen LogP contribution in [-0.4, -0.2) is 37.5 Å². The van der Waals surface area contributed by atoms with E-state index in [0.717, 1.165) is 12.8 Å². The van der Waals surface area contributed by atoms with Crippen molar-refractivity contribution >= 4 is 20.1 Å². The molecule has 1 fully saturated rings. The van der Waals surface area contributed by atoms with Gasteiger partial charge >= 0.3 is 12.1 Å². The van der Waals surface area contributed by atoms with E-state index < -0.39 is 37.5 Å². The molecule has 29 heavy (non-hydrogen) atoms. The number of carbonyl (C=O) groups is 2. The van der Waals surface area contributed by atoms with Crippen LogP contribution in [0.25, 0.3) is 0 Å². The third-order valence-electron chi connectivity index (χ3n) is 5.93. The molecule has 0 aliphatic heterocycles. The van der Waals surface area contributed by atoms with E-state index in [2.05, 4.69) is 51.0 Å². The highest BCUT2D eigenvalue weighted by atomic mass is 28.3. The summed E-state index contributed by atoms with van der Waals surface area (Å²) in [6.45, 7) is 17.9. The third kappa shape index (κ3) is 8.42. The molecule has 0 aromatic rings. The summed E-state index contributed by atoms with van der Waals surface area (Å²) in [4.78, 5) is 24.7. The van der Waals surface area contributed by atoms with Gasteiger partial charge in [0.25, 0.3) is 0 Å². The number of esters is 1. The van der Waals surface area contributed by atoms with Gasteiger partial charge in [0.1, 0.15) is 25.4 Å². The second-order valence-electron chi connectivity index (χ2n) is 10.8. The Hall–Kier alpha value is -1.48. The Morgan fingerprint density at radius 1 is 1.03 bits per heavy atom. The molecule has 1 amide bonds. The van der Waals surface area contributed by atoms with E-state index in [-0.39, 0.29) is 5.04 Å². The zero-order chi connectivity index (χ0) is 22.5. The molecule has 1 unspecified atom stereocenters. The predicted molar refractivity (Wildman–Crippen MR) is 120 cm³/mol. The second-order valence-corrected chi connectivity index (χ2v) is 16.2. The maximum atomic E-state index is 12.7. The molecule has 0 radical (unpaired) electrons. The lowest BCUT2D eigenvalue weighted by molar-refractivity contribution is -0.146. The summed E-state index contributed by atoms with van der Waals surface area (Å²) in [5.41, 5.74) is -1.04. The fourth-order valence-electron chi connectivity index (χ4n) is 2.95. The normalized spacial score (nSPS) is 18.1. The molecule has 0 heterocycles. The van der Waals surface area contributed by atoms with Gasteiger partial charge in [0, 0.05) is 5.92 Å². The molecule has 1 N–H and O–H groups in total. The zero-order valence-corrected chi connectivity index (χ0v) is 20.9. The summed E-state index contributed by atoms with van der Waals surface area (Å²) in [5, 5.41) is 2.58. The quantitative estimate of drug-likeness (QED) is 0.371. The van der Waals surface area contributed by atoms with Crippen LogP contribution >= 0.6 is 0 Å². The van der Waals surface area contributed by atoms with Crippen molar-refractivity contribution < 1.29 is 19.1 Å². The van der Waals surface area contributed by atoms with Crippen LogP contribution in [0, 0.1) is 17.8 Å². The highest BCUT2D eigenvalue weighted by Gasteiger charge is 2.44. The number of rotatable bonds is 4. The predicted octanol–water partition coefficient (Wildman–Crippen LogP) is 5.44. The molecule has 0 saturated heterocycles. The fraction of sp³-hybridized carbons (Fsp3) is 0.826. The van der Waals surface area contributed by atoms with Crippen LogP contribution in [0.5, 0.6) is 0 Å². The van der Waals surface area contributed by atoms with Crippen LogP contribution in [-0.2, 0) is 14.3 Å². The number of carbonyl (C=O) groups excluding carboxylic acids is 2. The summed E-state index contributed by atoms with van der Waals surface area (Å²) in [5.74, 6) is 6.68. The first-order valence-corrected chi connectivity index (χ1v) is 13.9. The maximum absolute atomic E-state index is 12.7. The van der Waals surface area contributed by atoms with Crippen molar-refractivity contribution in [3.8, 4) is 11.8 Å². The summed E-state index contributed by atoms with van der Waals surface area (Å²) >= 11 is 0. The molecule has 166 valence electrons. The Kier molecular flexibility index (Phi) is 8.83. The average Bonchev–Trinajstić information content (AvgIpc) is 2.56. The summed E-state index contributed by atoms with van der Waals surface area (Å²) < 4.78 is 11.1. The molecule has 0 bridgehead atoms. The van der Waals surface area contributed by atoms with Gasteiger partial charge in [-0.2, -0.15) is 0 Å². The van der Waals surface area contributed by atoms with Gasteiger partial charge in [-0.1, -0.05) is 65.0 Å². The van der Waals surface area contributed by atoms with Crippen molar-refractivity contribution in [1.29, 1.82) is 0 Å². The van der Waals surface area contributed by atoms with Crippen LogP contribution in [0.2, 0.25) is 18.1 Å². The van der Waals surface area contributed by atoms with E-state index >= 15 is 0 Å². The van der Waals surface area contributed by atoms with Crippen molar-refractivity contribution in [3.63, 3.8) is 0 Å². The second kappa shape index (κ2) is 10.0. The van der Waals surface area contributed by atoms with Crippen molar-refractivity contribution in [3.05, 3.63) is 0 Å². The molecular weight excluding hydrogens is 382 g/mol. The molecule has 0 aromatic heterocycles. The summed E-state index contributed by atoms with van der Waals surface area (Å²) in [6.07, 6.45) is 5.36. The Balaban J connectivity index is 2.91. The third-order valence-corrected chi connectivity index (χ3v) is 11.4. The van der Waals surface area contributed by atoms with Gasteiger partial charge in [0.05, 0.1) is 0 Å². The van der Waals surface area contributed by atoms with Gasteiger partial charge in [-0.05, 0) is 45.6 Å². The lowest BCUT2D eigenvalue weighted by Crippen LogP contribution is -2.53. The molecular formula is C23H41NO4Si. The van der Waals surface area contributed by atoms with Crippen LogP contribution < -0.4 is 5.32 Å². The molecule has 1 saturated carbocycles. The SMILES string of the molecule is CC(NC(=O)OC(C)(C)C)C(=O)O[C@H](C#CC1CCCCC1)[Si](C)(C)C(C)(C)C. The Morgan fingerprint density at radius 2 is 1.59 bits per heavy atom. The number of ether oxygens (including phenoxy) is 2. The fourth-order valence-corrected chi connectivity index (χ4v) is 4.59. The van der Waals surface area contributed by atoms with Crippen LogP contribution in [0.3, 0.4) is 0 Å². The Morgan fingerprint density at radius 3 is 2.07 bits per heavy atom. The molecule has 1 aliphatic rings. The van der Waals surface area contributed by atoms with Gasteiger partial charge in [0.2, 0.25) is 0 Å². The van der Waals surface area contributed by atoms with E-state index in [1.807, 2.05) is 0 Å². The van der Waals surface area contributed by atoms with Crippen molar-refractivity contribution in [2.45, 2.75) is 116 Å². The topological polar surface area (TPSA) is 64.6 Å². The molecule has 0 spiro atoms. The van der Waals surface area contributed by atoms with Crippen LogP contribution in [0.1, 0.15) is 80.6 Å². The smallest absolute Gasteiger partial charge is 0.408 e. The highest BCUT2D eigenvalue weighted by molar-refractivity contribution is 6.82. The monoisotopic (exact) mass is 423 g/mol. The van der Waals surface area contributed by atoms with Gasteiger partial charge in [0.15, 0.2) is 0 Å². The Labute approximate surface area is 178 Å². The molecule has 2 atom stereocenters. The van der Waals surface area contributed by atoms with Crippen LogP contribution in [0.4, 0.5) is 4.79 Å². The number of nitrogens with one attached hydrogen (secondary N) is 1. The van der Waals surface area contributed by atoms with E-state index in [9.17, 15) is 9.59 Å². The first kappa shape index (κ1) is 25.6. The minimum atomic E-state index is -2.07. The molecule has 0 aromatic carbocycles. The van der Waals surface area contributed by atoms with Crippen molar-refractivity contribution in [2.75, 3.05) is 0 Å². The molecule has 1 rings (SSSR count). The average molecular weight is 424 g/mol. The molecule has 1 aliphatic carbocycles. The number of amides is 1. The van der Waals surface area contributed by atoms with Crippen molar-refractivity contribution in [1.82, 2.24) is 5.32 Å². The highest BCUT2D eigenvalue weighted by Crippen LogP contribution is 2.39. The molecule has 6 heteroatoms. The number of hydrogen-bond acceptors (Lipinski definition) is 4.